The maximum Gasteiger partial charge on any atom is 0.331 e. The summed E-state index contributed by atoms with van der Waals surface area (Å²) in [4.78, 5) is 22.5. The number of methoxy groups -OCH3 is 1. The number of ether oxygens (including phenoxy) is 1. The van der Waals surface area contributed by atoms with E-state index < -0.39 is 0 Å². The van der Waals surface area contributed by atoms with Gasteiger partial charge in [0.25, 0.3) is 0 Å². The van der Waals surface area contributed by atoms with Crippen LogP contribution < -0.4 is 10.4 Å². The SMILES string of the molecule is CCCCn1c(=S)c2c(OC)nc(SC)nc2n(C2CCCCC2)c1=O. The number of aromatic nitrogens is 4. The molecule has 1 aliphatic rings. The van der Waals surface area contributed by atoms with Crippen LogP contribution in [0.5, 0.6) is 5.88 Å². The quantitative estimate of drug-likeness (QED) is 0.412. The molecule has 0 radical (unpaired) electrons. The first-order valence-electron chi connectivity index (χ1n) is 9.27. The fraction of sp³-hybridized carbons (Fsp3) is 0.667. The highest BCUT2D eigenvalue weighted by Gasteiger charge is 2.24. The van der Waals surface area contributed by atoms with Crippen LogP contribution in [0, 0.1) is 4.64 Å². The summed E-state index contributed by atoms with van der Waals surface area (Å²) in [6.07, 6.45) is 9.34. The van der Waals surface area contributed by atoms with E-state index in [1.165, 1.54) is 18.2 Å². The third-order valence-corrected chi connectivity index (χ3v) is 5.98. The summed E-state index contributed by atoms with van der Waals surface area (Å²) < 4.78 is 9.59. The van der Waals surface area contributed by atoms with Crippen molar-refractivity contribution in [1.29, 1.82) is 0 Å². The van der Waals surface area contributed by atoms with Crippen LogP contribution in [0.1, 0.15) is 57.9 Å². The van der Waals surface area contributed by atoms with Gasteiger partial charge in [-0.1, -0.05) is 56.6 Å². The molecule has 0 unspecified atom stereocenters. The van der Waals surface area contributed by atoms with E-state index in [0.717, 1.165) is 38.5 Å². The smallest absolute Gasteiger partial charge is 0.331 e. The number of unbranched alkanes of at least 4 members (excludes halogenated alkanes) is 1. The van der Waals surface area contributed by atoms with Gasteiger partial charge in [-0.15, -0.1) is 0 Å². The highest BCUT2D eigenvalue weighted by atomic mass is 32.2. The molecule has 26 heavy (non-hydrogen) atoms. The van der Waals surface area contributed by atoms with Crippen LogP contribution in [0.3, 0.4) is 0 Å². The molecule has 1 saturated carbocycles. The molecule has 0 bridgehead atoms. The number of rotatable bonds is 6. The van der Waals surface area contributed by atoms with Crippen LogP contribution in [-0.2, 0) is 6.54 Å². The van der Waals surface area contributed by atoms with E-state index in [-0.39, 0.29) is 11.7 Å². The Hall–Kier alpha value is -1.41. The van der Waals surface area contributed by atoms with Crippen molar-refractivity contribution in [2.75, 3.05) is 13.4 Å². The van der Waals surface area contributed by atoms with Crippen LogP contribution in [0.4, 0.5) is 0 Å². The topological polar surface area (TPSA) is 61.9 Å². The van der Waals surface area contributed by atoms with E-state index in [2.05, 4.69) is 16.9 Å². The van der Waals surface area contributed by atoms with Crippen molar-refractivity contribution in [3.8, 4) is 5.88 Å². The molecule has 0 amide bonds. The Bertz CT molecular complexity index is 901. The molecule has 0 aliphatic heterocycles. The summed E-state index contributed by atoms with van der Waals surface area (Å²) in [5.41, 5.74) is 0.575. The fourth-order valence-electron chi connectivity index (χ4n) is 3.63. The molecule has 2 aromatic heterocycles. The molecular weight excluding hydrogens is 368 g/mol. The summed E-state index contributed by atoms with van der Waals surface area (Å²) >= 11 is 7.11. The van der Waals surface area contributed by atoms with Gasteiger partial charge in [0.1, 0.15) is 10.0 Å². The molecule has 0 aromatic carbocycles. The number of nitrogens with zero attached hydrogens (tertiary/aromatic N) is 4. The van der Waals surface area contributed by atoms with Crippen LogP contribution in [0.25, 0.3) is 11.0 Å². The molecule has 0 saturated heterocycles. The van der Waals surface area contributed by atoms with Crippen LogP contribution in [0.15, 0.2) is 9.95 Å². The molecule has 3 rings (SSSR count). The van der Waals surface area contributed by atoms with E-state index in [0.29, 0.717) is 33.3 Å². The van der Waals surface area contributed by atoms with Crippen molar-refractivity contribution in [2.24, 2.45) is 0 Å². The molecule has 142 valence electrons. The number of hydrogen-bond acceptors (Lipinski definition) is 6. The Morgan fingerprint density at radius 1 is 1.27 bits per heavy atom. The second-order valence-corrected chi connectivity index (χ2v) is 7.83. The van der Waals surface area contributed by atoms with Gasteiger partial charge < -0.3 is 4.74 Å². The van der Waals surface area contributed by atoms with E-state index in [9.17, 15) is 4.79 Å². The molecule has 1 fully saturated rings. The van der Waals surface area contributed by atoms with Crippen LogP contribution in [0.2, 0.25) is 0 Å². The number of thioether (sulfide) groups is 1. The third kappa shape index (κ3) is 3.53. The average molecular weight is 395 g/mol. The standard InChI is InChI=1S/C18H26N4O2S2/c1-4-5-11-21-16(25)13-14(19-17(26-3)20-15(13)24-2)22(18(21)23)12-9-7-6-8-10-12/h12H,4-11H2,1-3H3. The Balaban J connectivity index is 2.36. The first-order chi connectivity index (χ1) is 12.6. The van der Waals surface area contributed by atoms with E-state index in [1.54, 1.807) is 11.7 Å². The largest absolute Gasteiger partial charge is 0.480 e. The van der Waals surface area contributed by atoms with Crippen molar-refractivity contribution in [3.05, 3.63) is 15.1 Å². The van der Waals surface area contributed by atoms with Gasteiger partial charge in [0.15, 0.2) is 10.8 Å². The zero-order valence-electron chi connectivity index (χ0n) is 15.7. The lowest BCUT2D eigenvalue weighted by Gasteiger charge is -2.26. The van der Waals surface area contributed by atoms with Crippen LogP contribution >= 0.6 is 24.0 Å². The lowest BCUT2D eigenvalue weighted by molar-refractivity contribution is 0.340. The summed E-state index contributed by atoms with van der Waals surface area (Å²) in [6, 6.07) is 0.163. The molecule has 2 aromatic rings. The lowest BCUT2D eigenvalue weighted by Crippen LogP contribution is -2.35. The van der Waals surface area contributed by atoms with Gasteiger partial charge in [-0.25, -0.2) is 9.78 Å². The zero-order valence-corrected chi connectivity index (χ0v) is 17.3. The monoisotopic (exact) mass is 394 g/mol. The Kier molecular flexibility index (Phi) is 6.34. The molecular formula is C18H26N4O2S2. The van der Waals surface area contributed by atoms with Gasteiger partial charge >= 0.3 is 5.69 Å². The first-order valence-corrected chi connectivity index (χ1v) is 10.9. The number of fused-ring (bicyclic) bond motifs is 1. The van der Waals surface area contributed by atoms with Gasteiger partial charge in [0.2, 0.25) is 5.88 Å². The van der Waals surface area contributed by atoms with Gasteiger partial charge in [0, 0.05) is 12.6 Å². The highest BCUT2D eigenvalue weighted by Crippen LogP contribution is 2.32. The third-order valence-electron chi connectivity index (χ3n) is 5.01. The minimum atomic E-state index is -0.0457. The predicted molar refractivity (Wildman–Crippen MR) is 108 cm³/mol. The van der Waals surface area contributed by atoms with E-state index in [1.807, 2.05) is 10.8 Å². The van der Waals surface area contributed by atoms with Gasteiger partial charge in [0.05, 0.1) is 7.11 Å². The highest BCUT2D eigenvalue weighted by molar-refractivity contribution is 7.98. The predicted octanol–water partition coefficient (Wildman–Crippen LogP) is 4.36. The minimum Gasteiger partial charge on any atom is -0.480 e. The Morgan fingerprint density at radius 3 is 2.62 bits per heavy atom. The average Bonchev–Trinajstić information content (AvgIpc) is 2.67. The molecule has 0 atom stereocenters. The van der Waals surface area contributed by atoms with Crippen molar-refractivity contribution >= 4 is 35.0 Å². The van der Waals surface area contributed by atoms with Crippen molar-refractivity contribution in [3.63, 3.8) is 0 Å². The number of hydrogen-bond donors (Lipinski definition) is 0. The van der Waals surface area contributed by atoms with Gasteiger partial charge in [-0.05, 0) is 25.5 Å². The summed E-state index contributed by atoms with van der Waals surface area (Å²) in [7, 11) is 1.59. The summed E-state index contributed by atoms with van der Waals surface area (Å²) in [6.45, 7) is 2.73. The van der Waals surface area contributed by atoms with Gasteiger partial charge in [-0.2, -0.15) is 4.98 Å². The zero-order chi connectivity index (χ0) is 18.7. The molecule has 6 nitrogen and oxygen atoms in total. The van der Waals surface area contributed by atoms with E-state index >= 15 is 0 Å². The maximum atomic E-state index is 13.4. The summed E-state index contributed by atoms with van der Waals surface area (Å²) in [5.74, 6) is 0.458. The van der Waals surface area contributed by atoms with Crippen LogP contribution in [-0.4, -0.2) is 32.5 Å². The minimum absolute atomic E-state index is 0.0457. The second-order valence-electron chi connectivity index (χ2n) is 6.67. The van der Waals surface area contributed by atoms with Crippen molar-refractivity contribution in [2.45, 2.75) is 69.6 Å². The van der Waals surface area contributed by atoms with Crippen molar-refractivity contribution in [1.82, 2.24) is 19.1 Å². The molecule has 0 spiro atoms. The second kappa shape index (κ2) is 8.52. The van der Waals surface area contributed by atoms with Gasteiger partial charge in [-0.3, -0.25) is 9.13 Å². The molecule has 8 heteroatoms. The van der Waals surface area contributed by atoms with E-state index in [4.69, 9.17) is 17.0 Å². The summed E-state index contributed by atoms with van der Waals surface area (Å²) in [5, 5.41) is 1.28. The normalized spacial score (nSPS) is 15.5. The Morgan fingerprint density at radius 2 is 2.00 bits per heavy atom. The Labute approximate surface area is 163 Å². The maximum absolute atomic E-state index is 13.4. The first kappa shape index (κ1) is 19.4. The molecule has 1 aliphatic carbocycles. The molecule has 2 heterocycles. The van der Waals surface area contributed by atoms with Crippen molar-refractivity contribution < 1.29 is 4.74 Å². The molecule has 0 N–H and O–H groups in total. The fourth-order valence-corrected chi connectivity index (χ4v) is 4.33. The lowest BCUT2D eigenvalue weighted by atomic mass is 9.95.